The number of nitrogens with zero attached hydrogens (tertiary/aromatic N) is 2. The smallest absolute Gasteiger partial charge is 0.270 e. The Morgan fingerprint density at radius 3 is 2.74 bits per heavy atom. The highest BCUT2D eigenvalue weighted by Crippen LogP contribution is 2.23. The number of nitrogens with one attached hydrogen (secondary N) is 1. The number of rotatable bonds is 4. The lowest BCUT2D eigenvalue weighted by Crippen LogP contribution is -2.40. The van der Waals surface area contributed by atoms with Crippen LogP contribution in [-0.2, 0) is 6.54 Å². The molecule has 0 aliphatic carbocycles. The van der Waals surface area contributed by atoms with E-state index in [1.165, 1.54) is 6.07 Å². The number of benzene rings is 1. The summed E-state index contributed by atoms with van der Waals surface area (Å²) in [7, 11) is 2.09. The molecule has 0 unspecified atom stereocenters. The van der Waals surface area contributed by atoms with Gasteiger partial charge in [0.1, 0.15) is 0 Å². The van der Waals surface area contributed by atoms with E-state index in [0.29, 0.717) is 6.04 Å². The van der Waals surface area contributed by atoms with Crippen LogP contribution < -0.4 is 5.32 Å². The second-order valence-corrected chi connectivity index (χ2v) is 5.89. The normalized spacial score (nSPS) is 16.8. The van der Waals surface area contributed by atoms with Crippen LogP contribution in [0.4, 0.5) is 5.69 Å². The molecule has 1 aromatic rings. The van der Waals surface area contributed by atoms with Gasteiger partial charge in [-0.3, -0.25) is 15.0 Å². The third-order valence-electron chi connectivity index (χ3n) is 3.52. The van der Waals surface area contributed by atoms with Crippen molar-refractivity contribution in [2.24, 2.45) is 0 Å². The minimum atomic E-state index is -0.348. The highest BCUT2D eigenvalue weighted by Gasteiger charge is 2.18. The van der Waals surface area contributed by atoms with Crippen molar-refractivity contribution in [1.82, 2.24) is 10.2 Å². The Labute approximate surface area is 121 Å². The first-order valence-electron chi connectivity index (χ1n) is 6.41. The van der Waals surface area contributed by atoms with Crippen LogP contribution in [-0.4, -0.2) is 36.0 Å². The molecule has 5 nitrogen and oxygen atoms in total. The maximum atomic E-state index is 10.9. The van der Waals surface area contributed by atoms with Gasteiger partial charge in [0.25, 0.3) is 5.69 Å². The molecule has 1 aliphatic rings. The summed E-state index contributed by atoms with van der Waals surface area (Å²) in [5.74, 6) is 0. The molecular weight excluding hydrogens is 310 g/mol. The molecule has 19 heavy (non-hydrogen) atoms. The molecule has 104 valence electrons. The largest absolute Gasteiger partial charge is 0.317 e. The first-order valence-corrected chi connectivity index (χ1v) is 7.20. The number of halogens is 1. The van der Waals surface area contributed by atoms with Gasteiger partial charge in [-0.05, 0) is 44.6 Å². The minimum Gasteiger partial charge on any atom is -0.317 e. The third kappa shape index (κ3) is 3.99. The summed E-state index contributed by atoms with van der Waals surface area (Å²) in [4.78, 5) is 12.8. The molecule has 1 N–H and O–H groups in total. The van der Waals surface area contributed by atoms with Crippen LogP contribution in [0.15, 0.2) is 22.7 Å². The van der Waals surface area contributed by atoms with Crippen LogP contribution in [0.5, 0.6) is 0 Å². The zero-order chi connectivity index (χ0) is 13.8. The van der Waals surface area contributed by atoms with Crippen molar-refractivity contribution in [3.05, 3.63) is 38.3 Å². The Kier molecular flexibility index (Phi) is 4.90. The first kappa shape index (κ1) is 14.4. The number of non-ortho nitro benzene ring substituents is 1. The molecule has 1 fully saturated rings. The van der Waals surface area contributed by atoms with Crippen LogP contribution in [0.2, 0.25) is 0 Å². The second kappa shape index (κ2) is 6.45. The average Bonchev–Trinajstić information content (AvgIpc) is 2.39. The van der Waals surface area contributed by atoms with E-state index >= 15 is 0 Å². The lowest BCUT2D eigenvalue weighted by Gasteiger charge is -2.31. The molecule has 0 atom stereocenters. The van der Waals surface area contributed by atoms with Crippen molar-refractivity contribution in [3.8, 4) is 0 Å². The van der Waals surface area contributed by atoms with E-state index in [0.717, 1.165) is 42.5 Å². The van der Waals surface area contributed by atoms with Crippen molar-refractivity contribution < 1.29 is 4.92 Å². The molecule has 0 bridgehead atoms. The standard InChI is InChI=1S/C13H18BrN3O2/c1-16(12-2-4-15-5-3-12)9-10-6-11(14)8-13(7-10)17(18)19/h6-8,12,15H,2-5,9H2,1H3. The van der Waals surface area contributed by atoms with Crippen molar-refractivity contribution in [1.29, 1.82) is 0 Å². The van der Waals surface area contributed by atoms with E-state index < -0.39 is 0 Å². The van der Waals surface area contributed by atoms with Gasteiger partial charge in [0.15, 0.2) is 0 Å². The number of nitro groups is 1. The Hall–Kier alpha value is -0.980. The number of hydrogen-bond donors (Lipinski definition) is 1. The van der Waals surface area contributed by atoms with Gasteiger partial charge < -0.3 is 5.32 Å². The van der Waals surface area contributed by atoms with Crippen LogP contribution in [0.1, 0.15) is 18.4 Å². The summed E-state index contributed by atoms with van der Waals surface area (Å²) in [6, 6.07) is 5.69. The van der Waals surface area contributed by atoms with Crippen molar-refractivity contribution in [2.75, 3.05) is 20.1 Å². The molecule has 0 saturated carbocycles. The average molecular weight is 328 g/mol. The second-order valence-electron chi connectivity index (χ2n) is 4.97. The molecule has 0 radical (unpaired) electrons. The fourth-order valence-corrected chi connectivity index (χ4v) is 3.02. The molecule has 1 heterocycles. The number of nitro benzene ring substituents is 1. The summed E-state index contributed by atoms with van der Waals surface area (Å²) < 4.78 is 0.760. The van der Waals surface area contributed by atoms with E-state index in [9.17, 15) is 10.1 Å². The maximum Gasteiger partial charge on any atom is 0.270 e. The fraction of sp³-hybridized carbons (Fsp3) is 0.538. The van der Waals surface area contributed by atoms with Crippen LogP contribution in [0.25, 0.3) is 0 Å². The summed E-state index contributed by atoms with van der Waals surface area (Å²) >= 11 is 3.33. The van der Waals surface area contributed by atoms with Gasteiger partial charge in [-0.15, -0.1) is 0 Å². The summed E-state index contributed by atoms with van der Waals surface area (Å²) in [6.45, 7) is 2.84. The Bertz CT molecular complexity index is 461. The van der Waals surface area contributed by atoms with Crippen LogP contribution in [0.3, 0.4) is 0 Å². The quantitative estimate of drug-likeness (QED) is 0.682. The third-order valence-corrected chi connectivity index (χ3v) is 3.97. The SMILES string of the molecule is CN(Cc1cc(Br)cc([N+](=O)[O-])c1)C1CCNCC1. The van der Waals surface area contributed by atoms with E-state index in [1.807, 2.05) is 6.07 Å². The highest BCUT2D eigenvalue weighted by atomic mass is 79.9. The molecule has 0 aromatic heterocycles. The van der Waals surface area contributed by atoms with Gasteiger partial charge in [0, 0.05) is 29.2 Å². The van der Waals surface area contributed by atoms with Crippen LogP contribution in [0, 0.1) is 10.1 Å². The van der Waals surface area contributed by atoms with Gasteiger partial charge in [-0.25, -0.2) is 0 Å². The van der Waals surface area contributed by atoms with E-state index in [2.05, 4.69) is 33.2 Å². The van der Waals surface area contributed by atoms with E-state index in [4.69, 9.17) is 0 Å². The zero-order valence-corrected chi connectivity index (χ0v) is 12.5. The van der Waals surface area contributed by atoms with Gasteiger partial charge >= 0.3 is 0 Å². The topological polar surface area (TPSA) is 58.4 Å². The van der Waals surface area contributed by atoms with E-state index in [1.54, 1.807) is 6.07 Å². The van der Waals surface area contributed by atoms with Gasteiger partial charge in [0.2, 0.25) is 0 Å². The molecule has 0 amide bonds. The van der Waals surface area contributed by atoms with Crippen LogP contribution >= 0.6 is 15.9 Å². The molecule has 2 rings (SSSR count). The van der Waals surface area contributed by atoms with Crippen molar-refractivity contribution in [2.45, 2.75) is 25.4 Å². The fourth-order valence-electron chi connectivity index (χ4n) is 2.49. The Morgan fingerprint density at radius 2 is 2.11 bits per heavy atom. The number of piperidine rings is 1. The lowest BCUT2D eigenvalue weighted by molar-refractivity contribution is -0.385. The Balaban J connectivity index is 2.07. The first-order chi connectivity index (χ1) is 9.06. The van der Waals surface area contributed by atoms with E-state index in [-0.39, 0.29) is 10.6 Å². The highest BCUT2D eigenvalue weighted by molar-refractivity contribution is 9.10. The summed E-state index contributed by atoms with van der Waals surface area (Å²) in [5, 5.41) is 14.2. The van der Waals surface area contributed by atoms with Gasteiger partial charge in [-0.2, -0.15) is 0 Å². The molecule has 1 saturated heterocycles. The van der Waals surface area contributed by atoms with Gasteiger partial charge in [-0.1, -0.05) is 15.9 Å². The van der Waals surface area contributed by atoms with Crippen molar-refractivity contribution >= 4 is 21.6 Å². The lowest BCUT2D eigenvalue weighted by atomic mass is 10.0. The molecule has 1 aliphatic heterocycles. The minimum absolute atomic E-state index is 0.142. The Morgan fingerprint density at radius 1 is 1.42 bits per heavy atom. The van der Waals surface area contributed by atoms with Gasteiger partial charge in [0.05, 0.1) is 4.92 Å². The monoisotopic (exact) mass is 327 g/mol. The molecule has 0 spiro atoms. The predicted molar refractivity (Wildman–Crippen MR) is 78.2 cm³/mol. The molecular formula is C13H18BrN3O2. The molecule has 6 heteroatoms. The summed E-state index contributed by atoms with van der Waals surface area (Å²) in [5.41, 5.74) is 1.12. The van der Waals surface area contributed by atoms with Crippen molar-refractivity contribution in [3.63, 3.8) is 0 Å². The zero-order valence-electron chi connectivity index (χ0n) is 10.9. The molecule has 1 aromatic carbocycles. The predicted octanol–water partition coefficient (Wildman–Crippen LogP) is 2.54. The maximum absolute atomic E-state index is 10.9. The number of hydrogen-bond acceptors (Lipinski definition) is 4. The summed E-state index contributed by atoms with van der Waals surface area (Å²) in [6.07, 6.45) is 2.26.